The van der Waals surface area contributed by atoms with Gasteiger partial charge in [0.15, 0.2) is 0 Å². The van der Waals surface area contributed by atoms with Gasteiger partial charge in [-0.25, -0.2) is 9.59 Å². The maximum atomic E-state index is 11.4. The Hall–Kier alpha value is -2.51. The smallest absolute Gasteiger partial charge is 0.371 e. The van der Waals surface area contributed by atoms with Gasteiger partial charge in [-0.1, -0.05) is 0 Å². The van der Waals surface area contributed by atoms with Gasteiger partial charge in [-0.2, -0.15) is 0 Å². The number of hydrogen-bond donors (Lipinski definition) is 3. The van der Waals surface area contributed by atoms with Crippen molar-refractivity contribution in [2.75, 3.05) is 20.1 Å². The number of carboxylic acid groups (broad SMARTS) is 1. The van der Waals surface area contributed by atoms with Gasteiger partial charge in [0.2, 0.25) is 11.7 Å². The Morgan fingerprint density at radius 2 is 2.00 bits per heavy atom. The second-order valence-electron chi connectivity index (χ2n) is 4.02. The zero-order chi connectivity index (χ0) is 15.1. The van der Waals surface area contributed by atoms with Crippen molar-refractivity contribution in [1.82, 2.24) is 15.5 Å². The van der Waals surface area contributed by atoms with E-state index in [0.29, 0.717) is 12.3 Å². The normalized spacial score (nSPS) is 9.90. The molecule has 1 heterocycles. The van der Waals surface area contributed by atoms with Crippen LogP contribution in [0.25, 0.3) is 0 Å². The monoisotopic (exact) mass is 283 g/mol. The molecule has 0 radical (unpaired) electrons. The van der Waals surface area contributed by atoms with Gasteiger partial charge >= 0.3 is 12.0 Å². The van der Waals surface area contributed by atoms with Gasteiger partial charge < -0.3 is 25.1 Å². The Kier molecular flexibility index (Phi) is 5.57. The lowest BCUT2D eigenvalue weighted by molar-refractivity contribution is -0.128. The number of nitrogens with zero attached hydrogens (tertiary/aromatic N) is 1. The molecule has 0 unspecified atom stereocenters. The van der Waals surface area contributed by atoms with E-state index in [1.807, 2.05) is 6.92 Å². The molecule has 0 aliphatic carbocycles. The summed E-state index contributed by atoms with van der Waals surface area (Å²) in [5.74, 6) is -1.25. The van der Waals surface area contributed by atoms with E-state index in [1.165, 1.54) is 17.0 Å². The largest absolute Gasteiger partial charge is 0.475 e. The molecule has 110 valence electrons. The maximum absolute atomic E-state index is 11.4. The predicted molar refractivity (Wildman–Crippen MR) is 69.2 cm³/mol. The van der Waals surface area contributed by atoms with Crippen molar-refractivity contribution in [3.05, 3.63) is 23.7 Å². The molecule has 0 aliphatic rings. The van der Waals surface area contributed by atoms with Crippen molar-refractivity contribution in [2.24, 2.45) is 0 Å². The Balaban J connectivity index is 2.32. The molecule has 0 aliphatic heterocycles. The molecule has 1 aromatic heterocycles. The van der Waals surface area contributed by atoms with Crippen LogP contribution in [0.3, 0.4) is 0 Å². The number of hydrogen-bond acceptors (Lipinski definition) is 4. The molecular formula is C12H17N3O5. The van der Waals surface area contributed by atoms with E-state index in [9.17, 15) is 14.4 Å². The second kappa shape index (κ2) is 7.17. The van der Waals surface area contributed by atoms with Gasteiger partial charge in [-0.15, -0.1) is 0 Å². The maximum Gasteiger partial charge on any atom is 0.371 e. The van der Waals surface area contributed by atoms with Crippen molar-refractivity contribution in [2.45, 2.75) is 13.5 Å². The minimum absolute atomic E-state index is 0.0386. The number of aromatic carboxylic acids is 1. The van der Waals surface area contributed by atoms with Crippen LogP contribution in [0.5, 0.6) is 0 Å². The summed E-state index contributed by atoms with van der Waals surface area (Å²) in [7, 11) is 1.64. The highest BCUT2D eigenvalue weighted by atomic mass is 16.4. The highest BCUT2D eigenvalue weighted by Crippen LogP contribution is 2.07. The van der Waals surface area contributed by atoms with Crippen molar-refractivity contribution < 1.29 is 23.9 Å². The Morgan fingerprint density at radius 1 is 1.30 bits per heavy atom. The number of amides is 3. The van der Waals surface area contributed by atoms with Gasteiger partial charge in [0.1, 0.15) is 5.76 Å². The third kappa shape index (κ3) is 4.63. The predicted octanol–water partition coefficient (Wildman–Crippen LogP) is 0.255. The highest BCUT2D eigenvalue weighted by molar-refractivity contribution is 5.84. The summed E-state index contributed by atoms with van der Waals surface area (Å²) in [6, 6.07) is 2.23. The molecule has 8 heteroatoms. The summed E-state index contributed by atoms with van der Waals surface area (Å²) in [4.78, 5) is 34.9. The molecule has 0 saturated heterocycles. The molecule has 0 aromatic carbocycles. The summed E-state index contributed by atoms with van der Waals surface area (Å²) in [5.41, 5.74) is 0. The molecule has 1 aromatic rings. The quantitative estimate of drug-likeness (QED) is 0.693. The van der Waals surface area contributed by atoms with Crippen LogP contribution in [0.2, 0.25) is 0 Å². The van der Waals surface area contributed by atoms with Gasteiger partial charge in [0.05, 0.1) is 13.1 Å². The lowest BCUT2D eigenvalue weighted by Gasteiger charge is -2.14. The van der Waals surface area contributed by atoms with Crippen LogP contribution in [-0.4, -0.2) is 48.1 Å². The standard InChI is InChI=1S/C12H17N3O5/c1-3-15(2)10(16)7-14-12(19)13-6-8-4-5-9(20-8)11(17)18/h4-5H,3,6-7H2,1-2H3,(H,17,18)(H2,13,14,19). The van der Waals surface area contributed by atoms with E-state index in [-0.39, 0.29) is 24.8 Å². The molecular weight excluding hydrogens is 266 g/mol. The molecule has 1 rings (SSSR count). The molecule has 3 N–H and O–H groups in total. The topological polar surface area (TPSA) is 112 Å². The van der Waals surface area contributed by atoms with E-state index < -0.39 is 12.0 Å². The number of furan rings is 1. The van der Waals surface area contributed by atoms with Gasteiger partial charge in [0.25, 0.3) is 0 Å². The first-order valence-corrected chi connectivity index (χ1v) is 6.01. The number of rotatable bonds is 6. The zero-order valence-electron chi connectivity index (χ0n) is 11.3. The zero-order valence-corrected chi connectivity index (χ0v) is 11.3. The van der Waals surface area contributed by atoms with Gasteiger partial charge in [-0.3, -0.25) is 4.79 Å². The van der Waals surface area contributed by atoms with Crippen LogP contribution in [0, 0.1) is 0 Å². The van der Waals surface area contributed by atoms with Gasteiger partial charge in [-0.05, 0) is 19.1 Å². The molecule has 0 saturated carbocycles. The average Bonchev–Trinajstić information content (AvgIpc) is 2.90. The lowest BCUT2D eigenvalue weighted by atomic mass is 10.4. The van der Waals surface area contributed by atoms with E-state index in [1.54, 1.807) is 7.05 Å². The van der Waals surface area contributed by atoms with E-state index in [2.05, 4.69) is 10.6 Å². The molecule has 0 bridgehead atoms. The minimum Gasteiger partial charge on any atom is -0.475 e. The summed E-state index contributed by atoms with van der Waals surface area (Å²) in [6.07, 6.45) is 0. The summed E-state index contributed by atoms with van der Waals surface area (Å²) in [5, 5.41) is 13.5. The number of likely N-dealkylation sites (N-methyl/N-ethyl adjacent to an activating group) is 1. The fraction of sp³-hybridized carbons (Fsp3) is 0.417. The Labute approximate surface area is 115 Å². The first kappa shape index (κ1) is 15.5. The first-order chi connectivity index (χ1) is 9.43. The third-order valence-electron chi connectivity index (χ3n) is 2.60. The number of urea groups is 1. The van der Waals surface area contributed by atoms with Crippen LogP contribution in [-0.2, 0) is 11.3 Å². The minimum atomic E-state index is -1.17. The average molecular weight is 283 g/mol. The van der Waals surface area contributed by atoms with Crippen molar-refractivity contribution in [1.29, 1.82) is 0 Å². The van der Waals surface area contributed by atoms with Crippen LogP contribution >= 0.6 is 0 Å². The SMILES string of the molecule is CCN(C)C(=O)CNC(=O)NCc1ccc(C(=O)O)o1. The summed E-state index contributed by atoms with van der Waals surface area (Å²) in [6.45, 7) is 2.33. The van der Waals surface area contributed by atoms with Crippen LogP contribution in [0.4, 0.5) is 4.79 Å². The molecule has 0 fully saturated rings. The molecule has 0 spiro atoms. The lowest BCUT2D eigenvalue weighted by Crippen LogP contribution is -2.42. The summed E-state index contributed by atoms with van der Waals surface area (Å²) >= 11 is 0. The Bertz CT molecular complexity index is 497. The Morgan fingerprint density at radius 3 is 2.55 bits per heavy atom. The number of nitrogens with one attached hydrogen (secondary N) is 2. The molecule has 20 heavy (non-hydrogen) atoms. The summed E-state index contributed by atoms with van der Waals surface area (Å²) < 4.78 is 4.96. The fourth-order valence-electron chi connectivity index (χ4n) is 1.28. The highest BCUT2D eigenvalue weighted by Gasteiger charge is 2.11. The van der Waals surface area contributed by atoms with Crippen molar-refractivity contribution in [3.63, 3.8) is 0 Å². The first-order valence-electron chi connectivity index (χ1n) is 6.01. The van der Waals surface area contributed by atoms with E-state index in [0.717, 1.165) is 0 Å². The molecule has 8 nitrogen and oxygen atoms in total. The van der Waals surface area contributed by atoms with E-state index >= 15 is 0 Å². The van der Waals surface area contributed by atoms with Crippen LogP contribution < -0.4 is 10.6 Å². The van der Waals surface area contributed by atoms with Crippen LogP contribution in [0.15, 0.2) is 16.5 Å². The molecule has 0 atom stereocenters. The third-order valence-corrected chi connectivity index (χ3v) is 2.60. The van der Waals surface area contributed by atoms with Crippen molar-refractivity contribution >= 4 is 17.9 Å². The fourth-order valence-corrected chi connectivity index (χ4v) is 1.28. The number of carbonyl (C=O) groups excluding carboxylic acids is 2. The molecule has 3 amide bonds. The van der Waals surface area contributed by atoms with Gasteiger partial charge in [0, 0.05) is 13.6 Å². The number of carbonyl (C=O) groups is 3. The van der Waals surface area contributed by atoms with Crippen LogP contribution in [0.1, 0.15) is 23.2 Å². The van der Waals surface area contributed by atoms with E-state index in [4.69, 9.17) is 9.52 Å². The second-order valence-corrected chi connectivity index (χ2v) is 4.02. The van der Waals surface area contributed by atoms with Crippen molar-refractivity contribution in [3.8, 4) is 0 Å². The number of carboxylic acids is 1.